The summed E-state index contributed by atoms with van der Waals surface area (Å²) in [5.74, 6) is 1.36. The van der Waals surface area contributed by atoms with Crippen molar-refractivity contribution >= 4 is 33.6 Å². The van der Waals surface area contributed by atoms with E-state index >= 15 is 0 Å². The molecule has 3 aromatic rings. The van der Waals surface area contributed by atoms with E-state index in [-0.39, 0.29) is 6.10 Å². The Morgan fingerprint density at radius 1 is 1.33 bits per heavy atom. The third-order valence-electron chi connectivity index (χ3n) is 4.36. The van der Waals surface area contributed by atoms with Crippen molar-refractivity contribution in [3.05, 3.63) is 47.2 Å². The van der Waals surface area contributed by atoms with Gasteiger partial charge in [-0.3, -0.25) is 4.40 Å². The van der Waals surface area contributed by atoms with Crippen LogP contribution in [0.3, 0.4) is 0 Å². The van der Waals surface area contributed by atoms with Crippen molar-refractivity contribution in [1.82, 2.24) is 24.3 Å². The van der Waals surface area contributed by atoms with E-state index in [1.807, 2.05) is 16.7 Å². The fourth-order valence-corrected chi connectivity index (χ4v) is 3.29. The largest absolute Gasteiger partial charge is 0.404 e. The molecule has 0 bridgehead atoms. The lowest BCUT2D eigenvalue weighted by atomic mass is 10.1. The summed E-state index contributed by atoms with van der Waals surface area (Å²) in [5, 5.41) is 7.47. The van der Waals surface area contributed by atoms with Crippen LogP contribution in [0.25, 0.3) is 17.2 Å². The number of ether oxygens (including phenoxy) is 1. The zero-order valence-electron chi connectivity index (χ0n) is 14.3. The van der Waals surface area contributed by atoms with Crippen LogP contribution in [0.5, 0.6) is 0 Å². The van der Waals surface area contributed by atoms with Gasteiger partial charge in [0.2, 0.25) is 0 Å². The van der Waals surface area contributed by atoms with Crippen LogP contribution in [0.1, 0.15) is 0 Å². The van der Waals surface area contributed by atoms with E-state index < -0.39 is 0 Å². The molecule has 4 rings (SSSR count). The third kappa shape index (κ3) is 3.40. The van der Waals surface area contributed by atoms with Gasteiger partial charge in [-0.1, -0.05) is 0 Å². The highest BCUT2D eigenvalue weighted by Gasteiger charge is 2.24. The lowest BCUT2D eigenvalue weighted by molar-refractivity contribution is 0.0676. The van der Waals surface area contributed by atoms with E-state index in [1.54, 1.807) is 18.6 Å². The highest BCUT2D eigenvalue weighted by Crippen LogP contribution is 2.23. The SMILES string of the molecule is N=C/C(=C\N)C1CN(c2ccnc(-c3cnc4cnc(Br)cn34)n2)CCO1. The maximum absolute atomic E-state index is 7.47. The molecule has 0 aliphatic carbocycles. The Labute approximate surface area is 163 Å². The molecule has 1 aliphatic heterocycles. The molecule has 0 amide bonds. The molecule has 3 N–H and O–H groups in total. The molecule has 1 fully saturated rings. The smallest absolute Gasteiger partial charge is 0.180 e. The van der Waals surface area contributed by atoms with E-state index in [9.17, 15) is 0 Å². The minimum atomic E-state index is -0.252. The molecule has 1 aliphatic rings. The van der Waals surface area contributed by atoms with Gasteiger partial charge >= 0.3 is 0 Å². The number of nitrogens with zero attached hydrogens (tertiary/aromatic N) is 6. The van der Waals surface area contributed by atoms with Crippen LogP contribution in [-0.4, -0.2) is 56.4 Å². The molecule has 0 aromatic carbocycles. The summed E-state index contributed by atoms with van der Waals surface area (Å²) < 4.78 is 8.33. The number of aromatic nitrogens is 5. The average molecular weight is 429 g/mol. The molecule has 1 saturated heterocycles. The third-order valence-corrected chi connectivity index (χ3v) is 4.77. The van der Waals surface area contributed by atoms with Gasteiger partial charge in [-0.25, -0.2) is 19.9 Å². The van der Waals surface area contributed by atoms with E-state index in [1.165, 1.54) is 12.4 Å². The fraction of sp³-hybridized carbons (Fsp3) is 0.235. The van der Waals surface area contributed by atoms with Crippen LogP contribution >= 0.6 is 15.9 Å². The van der Waals surface area contributed by atoms with Crippen LogP contribution in [0, 0.1) is 5.41 Å². The summed E-state index contributed by atoms with van der Waals surface area (Å²) in [6.07, 6.45) is 9.37. The van der Waals surface area contributed by atoms with Gasteiger partial charge in [0.05, 0.1) is 19.0 Å². The van der Waals surface area contributed by atoms with Gasteiger partial charge in [0.1, 0.15) is 22.2 Å². The van der Waals surface area contributed by atoms with E-state index in [0.29, 0.717) is 35.7 Å². The second kappa shape index (κ2) is 7.41. The average Bonchev–Trinajstić information content (AvgIpc) is 3.12. The Bertz CT molecular complexity index is 1020. The molecule has 27 heavy (non-hydrogen) atoms. The lowest BCUT2D eigenvalue weighted by Gasteiger charge is -2.34. The van der Waals surface area contributed by atoms with Crippen molar-refractivity contribution in [1.29, 1.82) is 5.41 Å². The first-order valence-corrected chi connectivity index (χ1v) is 9.09. The molecular weight excluding hydrogens is 412 g/mol. The van der Waals surface area contributed by atoms with Crippen LogP contribution in [-0.2, 0) is 4.74 Å². The molecule has 1 atom stereocenters. The van der Waals surface area contributed by atoms with Crippen molar-refractivity contribution < 1.29 is 4.74 Å². The number of fused-ring (bicyclic) bond motifs is 1. The molecule has 138 valence electrons. The quantitative estimate of drug-likeness (QED) is 0.606. The number of anilines is 1. The molecule has 9 nitrogen and oxygen atoms in total. The number of imidazole rings is 1. The van der Waals surface area contributed by atoms with Gasteiger partial charge < -0.3 is 20.8 Å². The van der Waals surface area contributed by atoms with E-state index in [0.717, 1.165) is 17.2 Å². The number of nitrogens with two attached hydrogens (primary N) is 1. The van der Waals surface area contributed by atoms with Crippen LogP contribution in [0.4, 0.5) is 5.82 Å². The zero-order valence-corrected chi connectivity index (χ0v) is 15.9. The minimum absolute atomic E-state index is 0.252. The normalized spacial score (nSPS) is 18.0. The topological polar surface area (TPSA) is 118 Å². The minimum Gasteiger partial charge on any atom is -0.404 e. The van der Waals surface area contributed by atoms with Gasteiger partial charge in [-0.05, 0) is 22.0 Å². The molecule has 0 saturated carbocycles. The van der Waals surface area contributed by atoms with Gasteiger partial charge in [0.15, 0.2) is 11.5 Å². The second-order valence-corrected chi connectivity index (χ2v) is 6.75. The van der Waals surface area contributed by atoms with Crippen molar-refractivity contribution in [2.24, 2.45) is 5.73 Å². The summed E-state index contributed by atoms with van der Waals surface area (Å²) >= 11 is 3.38. The number of hydrogen-bond acceptors (Lipinski definition) is 8. The van der Waals surface area contributed by atoms with Crippen LogP contribution < -0.4 is 10.6 Å². The summed E-state index contributed by atoms with van der Waals surface area (Å²) in [6, 6.07) is 1.86. The molecule has 1 unspecified atom stereocenters. The summed E-state index contributed by atoms with van der Waals surface area (Å²) in [7, 11) is 0. The highest BCUT2D eigenvalue weighted by molar-refractivity contribution is 9.10. The van der Waals surface area contributed by atoms with Crippen molar-refractivity contribution in [2.45, 2.75) is 6.10 Å². The van der Waals surface area contributed by atoms with Crippen molar-refractivity contribution in [2.75, 3.05) is 24.6 Å². The second-order valence-electron chi connectivity index (χ2n) is 5.94. The van der Waals surface area contributed by atoms with Crippen molar-refractivity contribution in [3.8, 4) is 11.5 Å². The summed E-state index contributed by atoms with van der Waals surface area (Å²) in [5.41, 5.74) is 7.74. The lowest BCUT2D eigenvalue weighted by Crippen LogP contribution is -2.44. The first kappa shape index (κ1) is 17.6. The van der Waals surface area contributed by atoms with Gasteiger partial charge in [0.25, 0.3) is 0 Å². The van der Waals surface area contributed by atoms with Crippen LogP contribution in [0.2, 0.25) is 0 Å². The number of hydrogen-bond donors (Lipinski definition) is 2. The Balaban J connectivity index is 1.66. The first-order valence-electron chi connectivity index (χ1n) is 8.30. The Kier molecular flexibility index (Phi) is 4.82. The fourth-order valence-electron chi connectivity index (χ4n) is 2.99. The number of halogens is 1. The maximum atomic E-state index is 7.47. The standard InChI is InChI=1S/C17H17BrN8O/c18-14-10-26-12(7-23-16(26)8-22-14)17-21-2-1-15(24-17)25-3-4-27-13(9-25)11(5-19)6-20/h1-2,5-8,10,13,19H,3-4,9,20H2/b11-6+,19-5?. The predicted molar refractivity (Wildman–Crippen MR) is 105 cm³/mol. The molecule has 0 radical (unpaired) electrons. The Hall–Kier alpha value is -2.85. The van der Waals surface area contributed by atoms with Crippen molar-refractivity contribution in [3.63, 3.8) is 0 Å². The van der Waals surface area contributed by atoms with Gasteiger partial charge in [-0.15, -0.1) is 0 Å². The monoisotopic (exact) mass is 428 g/mol. The molecular formula is C17H17BrN8O. The highest BCUT2D eigenvalue weighted by atomic mass is 79.9. The van der Waals surface area contributed by atoms with E-state index in [2.05, 4.69) is 35.8 Å². The van der Waals surface area contributed by atoms with Gasteiger partial charge in [0, 0.05) is 43.5 Å². The Morgan fingerprint density at radius 2 is 2.22 bits per heavy atom. The summed E-state index contributed by atoms with van der Waals surface area (Å²) in [6.45, 7) is 1.80. The maximum Gasteiger partial charge on any atom is 0.180 e. The molecule has 0 spiro atoms. The molecule has 10 heteroatoms. The molecule has 4 heterocycles. The predicted octanol–water partition coefficient (Wildman–Crippen LogP) is 1.65. The first-order chi connectivity index (χ1) is 13.2. The number of nitrogens with one attached hydrogen (secondary N) is 1. The number of rotatable bonds is 4. The molecule has 3 aromatic heterocycles. The van der Waals surface area contributed by atoms with Gasteiger partial charge in [-0.2, -0.15) is 0 Å². The zero-order chi connectivity index (χ0) is 18.8. The Morgan fingerprint density at radius 3 is 3.04 bits per heavy atom. The number of morpholine rings is 1. The summed E-state index contributed by atoms with van der Waals surface area (Å²) in [4.78, 5) is 19.8. The van der Waals surface area contributed by atoms with Crippen LogP contribution in [0.15, 0.2) is 47.2 Å². The van der Waals surface area contributed by atoms with E-state index in [4.69, 9.17) is 20.9 Å².